The van der Waals surface area contributed by atoms with E-state index in [0.29, 0.717) is 29.6 Å². The lowest BCUT2D eigenvalue weighted by Crippen LogP contribution is -2.30. The molecule has 0 unspecified atom stereocenters. The molecule has 204 valence electrons. The van der Waals surface area contributed by atoms with Gasteiger partial charge in [-0.3, -0.25) is 4.79 Å². The second kappa shape index (κ2) is 11.9. The number of rotatable bonds is 8. The number of hydrogen-bond donors (Lipinski definition) is 0. The molecule has 0 aliphatic heterocycles. The molecular formula is C28H19F6N5O. The van der Waals surface area contributed by atoms with Crippen molar-refractivity contribution in [3.63, 3.8) is 0 Å². The van der Waals surface area contributed by atoms with Gasteiger partial charge in [0.15, 0.2) is 5.82 Å². The van der Waals surface area contributed by atoms with Gasteiger partial charge in [-0.25, -0.2) is 13.2 Å². The molecule has 0 bridgehead atoms. The van der Waals surface area contributed by atoms with E-state index in [0.717, 1.165) is 40.8 Å². The van der Waals surface area contributed by atoms with Crippen LogP contribution >= 0.6 is 0 Å². The van der Waals surface area contributed by atoms with E-state index >= 15 is 0 Å². The van der Waals surface area contributed by atoms with Gasteiger partial charge in [-0.05, 0) is 53.6 Å². The number of alkyl halides is 3. The van der Waals surface area contributed by atoms with Crippen molar-refractivity contribution < 1.29 is 31.1 Å². The third-order valence-electron chi connectivity index (χ3n) is 5.82. The molecule has 0 saturated carbocycles. The first-order chi connectivity index (χ1) is 19.0. The Labute approximate surface area is 224 Å². The van der Waals surface area contributed by atoms with Gasteiger partial charge in [0.1, 0.15) is 23.8 Å². The van der Waals surface area contributed by atoms with Crippen molar-refractivity contribution in [3.05, 3.63) is 124 Å². The van der Waals surface area contributed by atoms with Crippen LogP contribution in [-0.4, -0.2) is 25.6 Å². The van der Waals surface area contributed by atoms with E-state index in [2.05, 4.69) is 10.2 Å². The van der Waals surface area contributed by atoms with Gasteiger partial charge >= 0.3 is 6.18 Å². The van der Waals surface area contributed by atoms with Gasteiger partial charge < -0.3 is 9.47 Å². The van der Waals surface area contributed by atoms with Gasteiger partial charge in [0.2, 0.25) is 5.91 Å². The molecule has 12 heteroatoms. The highest BCUT2D eigenvalue weighted by Gasteiger charge is 2.31. The Balaban J connectivity index is 1.61. The first-order valence-corrected chi connectivity index (χ1v) is 11.7. The number of hydrogen-bond acceptors (Lipinski definition) is 4. The fourth-order valence-corrected chi connectivity index (χ4v) is 3.80. The number of benzene rings is 3. The molecule has 0 aliphatic carbocycles. The van der Waals surface area contributed by atoms with Crippen LogP contribution in [0.3, 0.4) is 0 Å². The molecule has 1 amide bonds. The summed E-state index contributed by atoms with van der Waals surface area (Å²) in [5.41, 5.74) is -0.183. The average Bonchev–Trinajstić information content (AvgIpc) is 3.34. The van der Waals surface area contributed by atoms with Crippen molar-refractivity contribution in [1.82, 2.24) is 19.7 Å². The van der Waals surface area contributed by atoms with Gasteiger partial charge in [0.25, 0.3) is 0 Å². The van der Waals surface area contributed by atoms with Crippen LogP contribution in [0, 0.1) is 28.8 Å². The van der Waals surface area contributed by atoms with Gasteiger partial charge in [-0.15, -0.1) is 10.2 Å². The standard InChI is InChI=1S/C28H19F6N5O/c29-23-7-6-21(25(31)12-23)15-38(27(40)8-5-20-9-22(28(32,33)34)11-24(30)10-20)16-26-37-36-17-39(26)14-19-3-1-18(13-35)2-4-19/h1-12,17H,14-16H2. The zero-order valence-electron chi connectivity index (χ0n) is 20.5. The predicted molar refractivity (Wildman–Crippen MR) is 131 cm³/mol. The lowest BCUT2D eigenvalue weighted by Gasteiger charge is -2.22. The predicted octanol–water partition coefficient (Wildman–Crippen LogP) is 5.88. The first kappa shape index (κ1) is 28.1. The van der Waals surface area contributed by atoms with E-state index in [9.17, 15) is 31.1 Å². The van der Waals surface area contributed by atoms with Crippen molar-refractivity contribution in [1.29, 1.82) is 5.26 Å². The van der Waals surface area contributed by atoms with E-state index in [1.807, 2.05) is 6.07 Å². The lowest BCUT2D eigenvalue weighted by molar-refractivity contribution is -0.137. The second-order valence-electron chi connectivity index (χ2n) is 8.72. The minimum absolute atomic E-state index is 0.0218. The molecule has 40 heavy (non-hydrogen) atoms. The first-order valence-electron chi connectivity index (χ1n) is 11.7. The summed E-state index contributed by atoms with van der Waals surface area (Å²) < 4.78 is 82.5. The number of carbonyl (C=O) groups is 1. The summed E-state index contributed by atoms with van der Waals surface area (Å²) in [6.07, 6.45) is -1.44. The molecule has 6 nitrogen and oxygen atoms in total. The maximum absolute atomic E-state index is 14.4. The van der Waals surface area contributed by atoms with Crippen LogP contribution in [0.4, 0.5) is 26.3 Å². The average molecular weight is 555 g/mol. The Bertz CT molecular complexity index is 1590. The molecule has 0 radical (unpaired) electrons. The Morgan fingerprint density at radius 1 is 0.975 bits per heavy atom. The number of aromatic nitrogens is 3. The summed E-state index contributed by atoms with van der Waals surface area (Å²) >= 11 is 0. The molecule has 1 aromatic heterocycles. The summed E-state index contributed by atoms with van der Waals surface area (Å²) in [6.45, 7) is -0.260. The third kappa shape index (κ3) is 7.13. The normalized spacial score (nSPS) is 11.5. The van der Waals surface area contributed by atoms with Crippen LogP contribution in [0.15, 0.2) is 73.1 Å². The molecule has 0 N–H and O–H groups in total. The molecule has 4 aromatic rings. The number of halogens is 6. The SMILES string of the molecule is N#Cc1ccc(Cn2cnnc2CN(Cc2ccc(F)cc2F)C(=O)C=Cc2cc(F)cc(C(F)(F)F)c2)cc1. The number of nitrogens with zero attached hydrogens (tertiary/aromatic N) is 5. The Kier molecular flexibility index (Phi) is 8.33. The highest BCUT2D eigenvalue weighted by molar-refractivity contribution is 5.91. The molecular weight excluding hydrogens is 536 g/mol. The molecule has 1 heterocycles. The topological polar surface area (TPSA) is 74.8 Å². The summed E-state index contributed by atoms with van der Waals surface area (Å²) in [5, 5.41) is 16.9. The van der Waals surface area contributed by atoms with Crippen molar-refractivity contribution in [2.75, 3.05) is 0 Å². The zero-order chi connectivity index (χ0) is 28.9. The van der Waals surface area contributed by atoms with Crippen molar-refractivity contribution in [2.24, 2.45) is 0 Å². The lowest BCUT2D eigenvalue weighted by atomic mass is 10.1. The van der Waals surface area contributed by atoms with E-state index in [1.165, 1.54) is 6.33 Å². The van der Waals surface area contributed by atoms with Crippen LogP contribution in [-0.2, 0) is 30.6 Å². The largest absolute Gasteiger partial charge is 0.416 e. The van der Waals surface area contributed by atoms with Crippen LogP contribution < -0.4 is 0 Å². The van der Waals surface area contributed by atoms with Crippen LogP contribution in [0.25, 0.3) is 6.08 Å². The molecule has 0 spiro atoms. The minimum atomic E-state index is -4.79. The highest BCUT2D eigenvalue weighted by Crippen LogP contribution is 2.30. The fourth-order valence-electron chi connectivity index (χ4n) is 3.80. The maximum atomic E-state index is 14.4. The van der Waals surface area contributed by atoms with Gasteiger partial charge in [-0.1, -0.05) is 18.2 Å². The smallest absolute Gasteiger partial charge is 0.327 e. The maximum Gasteiger partial charge on any atom is 0.416 e. The molecule has 4 rings (SSSR count). The minimum Gasteiger partial charge on any atom is -0.327 e. The van der Waals surface area contributed by atoms with Crippen molar-refractivity contribution >= 4 is 12.0 Å². The second-order valence-corrected chi connectivity index (χ2v) is 8.72. The fraction of sp³-hybridized carbons (Fsp3) is 0.143. The van der Waals surface area contributed by atoms with E-state index < -0.39 is 35.1 Å². The number of nitriles is 1. The van der Waals surface area contributed by atoms with Gasteiger partial charge in [0, 0.05) is 24.3 Å². The van der Waals surface area contributed by atoms with E-state index in [-0.39, 0.29) is 30.8 Å². The van der Waals surface area contributed by atoms with E-state index in [4.69, 9.17) is 5.26 Å². The summed E-state index contributed by atoms with van der Waals surface area (Å²) in [6, 6.07) is 13.4. The summed E-state index contributed by atoms with van der Waals surface area (Å²) in [7, 11) is 0. The highest BCUT2D eigenvalue weighted by atomic mass is 19.4. The Morgan fingerprint density at radius 3 is 2.40 bits per heavy atom. The monoisotopic (exact) mass is 555 g/mol. The molecule has 0 saturated heterocycles. The van der Waals surface area contributed by atoms with Crippen LogP contribution in [0.1, 0.15) is 33.6 Å². The van der Waals surface area contributed by atoms with Gasteiger partial charge in [-0.2, -0.15) is 18.4 Å². The molecule has 0 aliphatic rings. The summed E-state index contributed by atoms with van der Waals surface area (Å²) in [4.78, 5) is 14.3. The number of carbonyl (C=O) groups excluding carboxylic acids is 1. The third-order valence-corrected chi connectivity index (χ3v) is 5.82. The van der Waals surface area contributed by atoms with Crippen LogP contribution in [0.2, 0.25) is 0 Å². The van der Waals surface area contributed by atoms with Crippen molar-refractivity contribution in [3.8, 4) is 6.07 Å². The zero-order valence-corrected chi connectivity index (χ0v) is 20.5. The quantitative estimate of drug-likeness (QED) is 0.201. The molecule has 0 atom stereocenters. The van der Waals surface area contributed by atoms with Crippen molar-refractivity contribution in [2.45, 2.75) is 25.8 Å². The van der Waals surface area contributed by atoms with Gasteiger partial charge in [0.05, 0.1) is 30.3 Å². The molecule has 0 fully saturated rings. The Hall–Kier alpha value is -4.92. The van der Waals surface area contributed by atoms with Crippen LogP contribution in [0.5, 0.6) is 0 Å². The van der Waals surface area contributed by atoms with E-state index in [1.54, 1.807) is 28.8 Å². The Morgan fingerprint density at radius 2 is 1.73 bits per heavy atom. The summed E-state index contributed by atoms with van der Waals surface area (Å²) in [5.74, 6) is -3.31. The molecule has 3 aromatic carbocycles. The number of amides is 1.